The lowest BCUT2D eigenvalue weighted by atomic mass is 10.0. The molecule has 0 radical (unpaired) electrons. The van der Waals surface area contributed by atoms with Crippen LogP contribution in [0.3, 0.4) is 0 Å². The second-order valence-corrected chi connectivity index (χ2v) is 5.06. The van der Waals surface area contributed by atoms with Gasteiger partial charge in [0, 0.05) is 12.0 Å². The fourth-order valence-electron chi connectivity index (χ4n) is 1.57. The molecule has 0 saturated heterocycles. The lowest BCUT2D eigenvalue weighted by molar-refractivity contribution is 0.0689. The minimum Gasteiger partial charge on any atom is -0.396 e. The molecule has 2 aromatic rings. The van der Waals surface area contributed by atoms with Crippen molar-refractivity contribution in [2.45, 2.75) is 32.3 Å². The summed E-state index contributed by atoms with van der Waals surface area (Å²) < 4.78 is 18.1. The van der Waals surface area contributed by atoms with Crippen LogP contribution in [0.25, 0.3) is 11.4 Å². The zero-order chi connectivity index (χ0) is 14.0. The Bertz CT molecular complexity index is 576. The van der Waals surface area contributed by atoms with Gasteiger partial charge in [0.25, 0.3) is 0 Å². The van der Waals surface area contributed by atoms with Crippen molar-refractivity contribution in [2.24, 2.45) is 0 Å². The number of nitrogens with two attached hydrogens (primary N) is 1. The second kappa shape index (κ2) is 4.97. The number of nitrogens with zero attached hydrogens (tertiary/aromatic N) is 2. The van der Waals surface area contributed by atoms with Crippen LogP contribution in [-0.4, -0.2) is 20.8 Å². The van der Waals surface area contributed by atoms with E-state index in [1.807, 2.05) is 0 Å². The van der Waals surface area contributed by atoms with Gasteiger partial charge in [0.15, 0.2) is 0 Å². The van der Waals surface area contributed by atoms with E-state index in [9.17, 15) is 9.50 Å². The zero-order valence-electron chi connectivity index (χ0n) is 10.9. The molecule has 0 atom stereocenters. The van der Waals surface area contributed by atoms with E-state index in [1.165, 1.54) is 18.2 Å². The number of benzene rings is 1. The summed E-state index contributed by atoms with van der Waals surface area (Å²) in [5.74, 6) is 0.312. The third-order valence-electron chi connectivity index (χ3n) is 2.67. The molecule has 0 aliphatic heterocycles. The normalized spacial score (nSPS) is 11.8. The average molecular weight is 265 g/mol. The number of rotatable bonds is 4. The molecule has 0 saturated carbocycles. The minimum atomic E-state index is -0.783. The van der Waals surface area contributed by atoms with Crippen molar-refractivity contribution in [1.82, 2.24) is 10.1 Å². The molecular weight excluding hydrogens is 249 g/mol. The fourth-order valence-corrected chi connectivity index (χ4v) is 1.57. The molecular formula is C13H16FN3O2. The van der Waals surface area contributed by atoms with Crippen LogP contribution in [0.15, 0.2) is 22.7 Å². The van der Waals surface area contributed by atoms with Gasteiger partial charge in [-0.1, -0.05) is 5.16 Å². The molecule has 102 valence electrons. The summed E-state index contributed by atoms with van der Waals surface area (Å²) in [6, 6.07) is 4.26. The summed E-state index contributed by atoms with van der Waals surface area (Å²) in [7, 11) is 0. The number of nitrogen functional groups attached to an aromatic ring is 1. The van der Waals surface area contributed by atoms with E-state index in [0.717, 1.165) is 0 Å². The summed E-state index contributed by atoms with van der Waals surface area (Å²) in [5.41, 5.74) is 5.34. The molecule has 0 bridgehead atoms. The third kappa shape index (κ3) is 3.51. The molecule has 0 aliphatic rings. The lowest BCUT2D eigenvalue weighted by Crippen LogP contribution is -2.19. The van der Waals surface area contributed by atoms with Crippen LogP contribution in [0.2, 0.25) is 0 Å². The van der Waals surface area contributed by atoms with Crippen LogP contribution >= 0.6 is 0 Å². The van der Waals surface area contributed by atoms with E-state index in [1.54, 1.807) is 13.8 Å². The Kier molecular flexibility index (Phi) is 3.53. The molecule has 6 heteroatoms. The van der Waals surface area contributed by atoms with Crippen molar-refractivity contribution in [3.8, 4) is 11.4 Å². The van der Waals surface area contributed by atoms with Gasteiger partial charge in [-0.3, -0.25) is 0 Å². The van der Waals surface area contributed by atoms with Crippen molar-refractivity contribution < 1.29 is 14.0 Å². The number of halogens is 1. The van der Waals surface area contributed by atoms with Gasteiger partial charge < -0.3 is 15.4 Å². The molecule has 5 nitrogen and oxygen atoms in total. The summed E-state index contributed by atoms with van der Waals surface area (Å²) >= 11 is 0. The SMILES string of the molecule is CC(C)(O)CCc1nc(-c2ccc(F)c(N)c2)no1. The molecule has 0 spiro atoms. The van der Waals surface area contributed by atoms with E-state index < -0.39 is 11.4 Å². The Morgan fingerprint density at radius 3 is 2.79 bits per heavy atom. The molecule has 3 N–H and O–H groups in total. The molecule has 0 fully saturated rings. The fraction of sp³-hybridized carbons (Fsp3) is 0.385. The second-order valence-electron chi connectivity index (χ2n) is 5.06. The minimum absolute atomic E-state index is 0.0420. The Hall–Kier alpha value is -1.95. The molecule has 1 aromatic carbocycles. The molecule has 2 rings (SSSR count). The molecule has 19 heavy (non-hydrogen) atoms. The van der Waals surface area contributed by atoms with Crippen molar-refractivity contribution in [3.63, 3.8) is 0 Å². The lowest BCUT2D eigenvalue weighted by Gasteiger charge is -2.14. The number of hydrogen-bond donors (Lipinski definition) is 2. The Balaban J connectivity index is 2.14. The highest BCUT2D eigenvalue weighted by molar-refractivity contribution is 5.60. The first-order chi connectivity index (χ1) is 8.85. The molecule has 0 amide bonds. The maximum atomic E-state index is 13.1. The summed E-state index contributed by atoms with van der Waals surface area (Å²) in [4.78, 5) is 4.19. The largest absolute Gasteiger partial charge is 0.396 e. The van der Waals surface area contributed by atoms with Gasteiger partial charge in [-0.25, -0.2) is 4.39 Å². The van der Waals surface area contributed by atoms with Gasteiger partial charge in [-0.05, 0) is 38.5 Å². The monoisotopic (exact) mass is 265 g/mol. The maximum Gasteiger partial charge on any atom is 0.227 e. The number of aliphatic hydroxyl groups is 1. The Morgan fingerprint density at radius 1 is 1.42 bits per heavy atom. The number of aromatic nitrogens is 2. The van der Waals surface area contributed by atoms with E-state index in [4.69, 9.17) is 10.3 Å². The molecule has 0 unspecified atom stereocenters. The van der Waals surface area contributed by atoms with Crippen molar-refractivity contribution >= 4 is 5.69 Å². The Labute approximate surface area is 110 Å². The molecule has 0 aliphatic carbocycles. The summed E-state index contributed by atoms with van der Waals surface area (Å²) in [5, 5.41) is 13.4. The van der Waals surface area contributed by atoms with Crippen LogP contribution in [0.4, 0.5) is 10.1 Å². The van der Waals surface area contributed by atoms with Crippen LogP contribution in [0, 0.1) is 5.82 Å². The van der Waals surface area contributed by atoms with Gasteiger partial charge in [-0.15, -0.1) is 0 Å². The zero-order valence-corrected chi connectivity index (χ0v) is 10.9. The smallest absolute Gasteiger partial charge is 0.227 e. The first-order valence-corrected chi connectivity index (χ1v) is 5.95. The van der Waals surface area contributed by atoms with Gasteiger partial charge in [0.1, 0.15) is 5.82 Å². The first-order valence-electron chi connectivity index (χ1n) is 5.95. The number of anilines is 1. The average Bonchev–Trinajstić information content (AvgIpc) is 2.78. The predicted molar refractivity (Wildman–Crippen MR) is 68.7 cm³/mol. The molecule has 1 aromatic heterocycles. The highest BCUT2D eigenvalue weighted by Crippen LogP contribution is 2.21. The molecule has 1 heterocycles. The van der Waals surface area contributed by atoms with Crippen LogP contribution in [0.5, 0.6) is 0 Å². The van der Waals surface area contributed by atoms with Crippen LogP contribution in [-0.2, 0) is 6.42 Å². The van der Waals surface area contributed by atoms with E-state index in [0.29, 0.717) is 30.1 Å². The third-order valence-corrected chi connectivity index (χ3v) is 2.67. The van der Waals surface area contributed by atoms with Gasteiger partial charge in [0.2, 0.25) is 11.7 Å². The van der Waals surface area contributed by atoms with Gasteiger partial charge >= 0.3 is 0 Å². The van der Waals surface area contributed by atoms with E-state index in [-0.39, 0.29) is 5.69 Å². The summed E-state index contributed by atoms with van der Waals surface area (Å²) in [6.07, 6.45) is 0.993. The van der Waals surface area contributed by atoms with Crippen molar-refractivity contribution in [1.29, 1.82) is 0 Å². The first kappa shape index (κ1) is 13.5. The topological polar surface area (TPSA) is 85.2 Å². The van der Waals surface area contributed by atoms with Crippen LogP contribution in [0.1, 0.15) is 26.2 Å². The maximum absolute atomic E-state index is 13.1. The Morgan fingerprint density at radius 2 is 2.16 bits per heavy atom. The van der Waals surface area contributed by atoms with E-state index in [2.05, 4.69) is 10.1 Å². The number of aryl methyl sites for hydroxylation is 1. The quantitative estimate of drug-likeness (QED) is 0.827. The van der Waals surface area contributed by atoms with Crippen LogP contribution < -0.4 is 5.73 Å². The van der Waals surface area contributed by atoms with Crippen molar-refractivity contribution in [2.75, 3.05) is 5.73 Å². The van der Waals surface area contributed by atoms with Gasteiger partial charge in [0.05, 0.1) is 11.3 Å². The number of hydrogen-bond acceptors (Lipinski definition) is 5. The highest BCUT2D eigenvalue weighted by atomic mass is 19.1. The highest BCUT2D eigenvalue weighted by Gasteiger charge is 2.16. The predicted octanol–water partition coefficient (Wildman–Crippen LogP) is 2.16. The standard InChI is InChI=1S/C13H16FN3O2/c1-13(2,18)6-5-11-16-12(17-19-11)8-3-4-9(14)10(15)7-8/h3-4,7,18H,5-6,15H2,1-2H3. The van der Waals surface area contributed by atoms with Crippen molar-refractivity contribution in [3.05, 3.63) is 29.9 Å². The van der Waals surface area contributed by atoms with Gasteiger partial charge in [-0.2, -0.15) is 4.98 Å². The summed E-state index contributed by atoms with van der Waals surface area (Å²) in [6.45, 7) is 3.43. The van der Waals surface area contributed by atoms with E-state index >= 15 is 0 Å².